The zero-order valence-electron chi connectivity index (χ0n) is 11.8. The molecule has 0 bridgehead atoms. The van der Waals surface area contributed by atoms with Gasteiger partial charge in [0, 0.05) is 17.8 Å². The summed E-state index contributed by atoms with van der Waals surface area (Å²) < 4.78 is 3.58. The van der Waals surface area contributed by atoms with Gasteiger partial charge in [0.05, 0.1) is 11.0 Å². The molecule has 2 heterocycles. The highest BCUT2D eigenvalue weighted by atomic mass is 16.6. The van der Waals surface area contributed by atoms with Crippen LogP contribution in [-0.4, -0.2) is 19.0 Å². The van der Waals surface area contributed by atoms with E-state index >= 15 is 0 Å². The van der Waals surface area contributed by atoms with Crippen LogP contribution < -0.4 is 0 Å². The number of hydrogen-bond acceptors (Lipinski definition) is 3. The third-order valence-electron chi connectivity index (χ3n) is 3.85. The largest absolute Gasteiger partial charge is 0.407 e. The molecule has 0 radical (unpaired) electrons. The molecule has 4 rings (SSSR count). The number of para-hydroxylation sites is 2. The zero-order chi connectivity index (χ0) is 15.3. The molecular weight excluding hydrogens is 280 g/mol. The molecular formula is C16H12N4O2. The quantitative estimate of drug-likeness (QED) is 0.420. The van der Waals surface area contributed by atoms with Crippen molar-refractivity contribution in [1.29, 1.82) is 0 Å². The molecule has 0 saturated carbocycles. The van der Waals surface area contributed by atoms with Crippen molar-refractivity contribution < 1.29 is 4.92 Å². The van der Waals surface area contributed by atoms with Crippen molar-refractivity contribution in [3.63, 3.8) is 0 Å². The summed E-state index contributed by atoms with van der Waals surface area (Å²) in [4.78, 5) is 14.8. The topological polar surface area (TPSA) is 65.9 Å². The van der Waals surface area contributed by atoms with Gasteiger partial charge in [0.1, 0.15) is 0 Å². The van der Waals surface area contributed by atoms with Gasteiger partial charge in [0.2, 0.25) is 12.1 Å². The predicted octanol–water partition coefficient (Wildman–Crippen LogP) is 3.43. The van der Waals surface area contributed by atoms with E-state index in [1.807, 2.05) is 53.1 Å². The maximum atomic E-state index is 11.3. The number of aromatic nitrogens is 3. The normalized spacial score (nSPS) is 11.3. The van der Waals surface area contributed by atoms with Crippen LogP contribution in [0.5, 0.6) is 0 Å². The van der Waals surface area contributed by atoms with Crippen molar-refractivity contribution in [2.75, 3.05) is 0 Å². The van der Waals surface area contributed by atoms with E-state index in [1.54, 1.807) is 11.6 Å². The van der Waals surface area contributed by atoms with Crippen LogP contribution in [0.25, 0.3) is 27.6 Å². The number of imidazole rings is 1. The van der Waals surface area contributed by atoms with E-state index in [0.717, 1.165) is 21.8 Å². The molecule has 0 unspecified atom stereocenters. The maximum Gasteiger partial charge on any atom is 0.407 e. The van der Waals surface area contributed by atoms with Crippen molar-refractivity contribution in [2.45, 2.75) is 0 Å². The van der Waals surface area contributed by atoms with Gasteiger partial charge in [-0.05, 0) is 22.0 Å². The first-order valence-electron chi connectivity index (χ1n) is 6.83. The molecule has 0 saturated heterocycles. The number of rotatable bonds is 2. The third-order valence-corrected chi connectivity index (χ3v) is 3.85. The van der Waals surface area contributed by atoms with Crippen LogP contribution in [0.2, 0.25) is 0 Å². The van der Waals surface area contributed by atoms with Gasteiger partial charge in [-0.15, -0.1) is 0 Å². The first kappa shape index (κ1) is 12.6. The summed E-state index contributed by atoms with van der Waals surface area (Å²) in [5.74, 6) is 0.316. The molecule has 0 aliphatic heterocycles. The van der Waals surface area contributed by atoms with Crippen molar-refractivity contribution in [2.24, 2.45) is 7.05 Å². The Morgan fingerprint density at radius 3 is 2.09 bits per heavy atom. The summed E-state index contributed by atoms with van der Waals surface area (Å²) in [7, 11) is 1.76. The fourth-order valence-electron chi connectivity index (χ4n) is 2.95. The molecule has 22 heavy (non-hydrogen) atoms. The van der Waals surface area contributed by atoms with Gasteiger partial charge < -0.3 is 10.1 Å². The minimum absolute atomic E-state index is 0.144. The smallest absolute Gasteiger partial charge is 0.358 e. The standard InChI is InChI=1S/C16H12N4O2/c1-18-10-17-15(20(21)22)16(18)19-13-8-4-2-6-11(13)12-7-3-5-9-14(12)19/h2-10H,1H3. The Morgan fingerprint density at radius 2 is 1.55 bits per heavy atom. The summed E-state index contributed by atoms with van der Waals surface area (Å²) >= 11 is 0. The predicted molar refractivity (Wildman–Crippen MR) is 84.2 cm³/mol. The lowest BCUT2D eigenvalue weighted by Crippen LogP contribution is -2.04. The Labute approximate surface area is 125 Å². The highest BCUT2D eigenvalue weighted by molar-refractivity contribution is 6.09. The fourth-order valence-corrected chi connectivity index (χ4v) is 2.95. The van der Waals surface area contributed by atoms with E-state index in [4.69, 9.17) is 0 Å². The lowest BCUT2D eigenvalue weighted by atomic mass is 10.2. The van der Waals surface area contributed by atoms with E-state index in [-0.39, 0.29) is 5.82 Å². The molecule has 2 aromatic heterocycles. The molecule has 0 fully saturated rings. The van der Waals surface area contributed by atoms with Gasteiger partial charge in [0.15, 0.2) is 0 Å². The molecule has 6 nitrogen and oxygen atoms in total. The summed E-state index contributed by atoms with van der Waals surface area (Å²) in [5, 5.41) is 13.4. The lowest BCUT2D eigenvalue weighted by molar-refractivity contribution is -0.389. The zero-order valence-corrected chi connectivity index (χ0v) is 11.8. The Balaban J connectivity index is 2.23. The molecule has 0 N–H and O–H groups in total. The molecule has 108 valence electrons. The second kappa shape index (κ2) is 4.42. The van der Waals surface area contributed by atoms with E-state index < -0.39 is 4.92 Å². The van der Waals surface area contributed by atoms with Crippen molar-refractivity contribution in [3.05, 3.63) is 65.0 Å². The summed E-state index contributed by atoms with van der Waals surface area (Å²) in [5.41, 5.74) is 1.85. The minimum atomic E-state index is -0.446. The van der Waals surface area contributed by atoms with E-state index in [0.29, 0.717) is 5.82 Å². The molecule has 6 heteroatoms. The highest BCUT2D eigenvalue weighted by Gasteiger charge is 2.24. The summed E-state index contributed by atoms with van der Waals surface area (Å²) in [6.07, 6.45) is 1.47. The second-order valence-corrected chi connectivity index (χ2v) is 5.13. The molecule has 0 spiro atoms. The first-order valence-corrected chi connectivity index (χ1v) is 6.83. The number of nitrogens with zero attached hydrogens (tertiary/aromatic N) is 4. The van der Waals surface area contributed by atoms with E-state index in [9.17, 15) is 10.1 Å². The Hall–Kier alpha value is -3.15. The van der Waals surface area contributed by atoms with Gasteiger partial charge in [-0.25, -0.2) is 0 Å². The molecule has 0 aliphatic rings. The molecule has 0 aliphatic carbocycles. The Morgan fingerprint density at radius 1 is 1.00 bits per heavy atom. The Kier molecular flexibility index (Phi) is 2.53. The Bertz CT molecular complexity index is 976. The molecule has 2 aromatic carbocycles. The van der Waals surface area contributed by atoms with Crippen LogP contribution in [0.4, 0.5) is 5.82 Å². The first-order chi connectivity index (χ1) is 10.7. The van der Waals surface area contributed by atoms with Gasteiger partial charge in [-0.1, -0.05) is 36.4 Å². The van der Waals surface area contributed by atoms with Crippen molar-refractivity contribution in [1.82, 2.24) is 14.1 Å². The number of benzene rings is 2. The van der Waals surface area contributed by atoms with Crippen molar-refractivity contribution in [3.8, 4) is 5.82 Å². The number of hydrogen-bond donors (Lipinski definition) is 0. The number of nitro groups is 1. The average molecular weight is 292 g/mol. The van der Waals surface area contributed by atoms with Crippen LogP contribution >= 0.6 is 0 Å². The number of aryl methyl sites for hydroxylation is 1. The van der Waals surface area contributed by atoms with Gasteiger partial charge in [0.25, 0.3) is 0 Å². The van der Waals surface area contributed by atoms with E-state index in [1.165, 1.54) is 6.33 Å². The number of fused-ring (bicyclic) bond motifs is 3. The maximum absolute atomic E-state index is 11.3. The monoisotopic (exact) mass is 292 g/mol. The second-order valence-electron chi connectivity index (χ2n) is 5.13. The van der Waals surface area contributed by atoms with Gasteiger partial charge in [-0.2, -0.15) is 0 Å². The van der Waals surface area contributed by atoms with Crippen LogP contribution in [0, 0.1) is 10.1 Å². The van der Waals surface area contributed by atoms with Gasteiger partial charge >= 0.3 is 5.82 Å². The fraction of sp³-hybridized carbons (Fsp3) is 0.0625. The molecule has 0 amide bonds. The highest BCUT2D eigenvalue weighted by Crippen LogP contribution is 2.34. The van der Waals surface area contributed by atoms with Crippen LogP contribution in [0.15, 0.2) is 54.9 Å². The van der Waals surface area contributed by atoms with Gasteiger partial charge in [-0.3, -0.25) is 9.13 Å². The third kappa shape index (κ3) is 1.57. The SMILES string of the molecule is Cn1cnc([N+](=O)[O-])c1-n1c2ccccc2c2ccccc21. The van der Waals surface area contributed by atoms with Crippen molar-refractivity contribution >= 4 is 27.6 Å². The van der Waals surface area contributed by atoms with E-state index in [2.05, 4.69) is 4.98 Å². The molecule has 4 aromatic rings. The van der Waals surface area contributed by atoms with Crippen LogP contribution in [0.3, 0.4) is 0 Å². The lowest BCUT2D eigenvalue weighted by Gasteiger charge is -2.07. The van der Waals surface area contributed by atoms with Crippen LogP contribution in [-0.2, 0) is 7.05 Å². The minimum Gasteiger partial charge on any atom is -0.358 e. The summed E-state index contributed by atoms with van der Waals surface area (Å²) in [6.45, 7) is 0. The van der Waals surface area contributed by atoms with Crippen LogP contribution in [0.1, 0.15) is 0 Å². The average Bonchev–Trinajstić information content (AvgIpc) is 3.05. The summed E-state index contributed by atoms with van der Waals surface area (Å²) in [6, 6.07) is 15.8. The molecule has 0 atom stereocenters.